The van der Waals surface area contributed by atoms with Gasteiger partial charge in [-0.25, -0.2) is 8.42 Å². The predicted molar refractivity (Wildman–Crippen MR) is 52.2 cm³/mol. The van der Waals surface area contributed by atoms with Gasteiger partial charge in [-0.05, 0) is 19.3 Å². The highest BCUT2D eigenvalue weighted by atomic mass is 32.2. The Kier molecular flexibility index (Phi) is 3.01. The Labute approximate surface area is 79.7 Å². The number of sulfone groups is 1. The zero-order valence-electron chi connectivity index (χ0n) is 7.95. The summed E-state index contributed by atoms with van der Waals surface area (Å²) in [5.74, 6) is 0.366. The quantitative estimate of drug-likeness (QED) is 0.374. The average Bonchev–Trinajstić information content (AvgIpc) is 2.64. The van der Waals surface area contributed by atoms with Crippen LogP contribution >= 0.6 is 0 Å². The lowest BCUT2D eigenvalue weighted by molar-refractivity contribution is 0.239. The lowest BCUT2D eigenvalue weighted by atomic mass is 10.0. The zero-order chi connectivity index (χ0) is 9.95. The van der Waals surface area contributed by atoms with Gasteiger partial charge in [-0.3, -0.25) is 0 Å². The van der Waals surface area contributed by atoms with E-state index in [4.69, 9.17) is 4.74 Å². The fourth-order valence-corrected chi connectivity index (χ4v) is 3.77. The summed E-state index contributed by atoms with van der Waals surface area (Å²) in [6.45, 7) is 5.92. The molecule has 1 unspecified atom stereocenters. The van der Waals surface area contributed by atoms with Crippen LogP contribution in [-0.4, -0.2) is 25.5 Å². The van der Waals surface area contributed by atoms with Crippen molar-refractivity contribution in [2.45, 2.75) is 30.9 Å². The van der Waals surface area contributed by atoms with E-state index < -0.39 is 14.6 Å². The Hall–Kier alpha value is -0.510. The molecule has 76 valence electrons. The van der Waals surface area contributed by atoms with Gasteiger partial charge in [-0.2, -0.15) is 0 Å². The topological polar surface area (TPSA) is 43.4 Å². The molecule has 3 nitrogen and oxygen atoms in total. The van der Waals surface area contributed by atoms with Gasteiger partial charge in [-0.15, -0.1) is 0 Å². The Bertz CT molecular complexity index is 281. The minimum atomic E-state index is -2.74. The van der Waals surface area contributed by atoms with E-state index in [1.165, 1.54) is 6.26 Å². The first kappa shape index (κ1) is 10.6. The maximum Gasteiger partial charge on any atom is 0.158 e. The number of rotatable bonds is 6. The second-order valence-corrected chi connectivity index (χ2v) is 5.82. The van der Waals surface area contributed by atoms with Gasteiger partial charge < -0.3 is 4.74 Å². The molecule has 0 aliphatic carbocycles. The lowest BCUT2D eigenvalue weighted by Gasteiger charge is -2.07. The van der Waals surface area contributed by atoms with Crippen LogP contribution in [0.4, 0.5) is 0 Å². The summed E-state index contributed by atoms with van der Waals surface area (Å²) < 4.78 is 27.0. The standard InChI is InChI=1S/C9H16O3S/c1-3-9(8-13(9,10)11)6-5-7-12-4-2/h4H,2-3,5-8H2,1H3. The van der Waals surface area contributed by atoms with Crippen LogP contribution in [0.3, 0.4) is 0 Å². The number of ether oxygens (including phenoxy) is 1. The molecule has 4 heteroatoms. The van der Waals surface area contributed by atoms with E-state index in [0.29, 0.717) is 12.4 Å². The van der Waals surface area contributed by atoms with Crippen LogP contribution in [0, 0.1) is 0 Å². The second-order valence-electron chi connectivity index (χ2n) is 3.44. The molecule has 0 aromatic rings. The molecule has 1 heterocycles. The molecule has 1 aliphatic rings. The molecule has 1 rings (SSSR count). The fraction of sp³-hybridized carbons (Fsp3) is 0.778. The van der Waals surface area contributed by atoms with E-state index in [2.05, 4.69) is 6.58 Å². The maximum atomic E-state index is 11.2. The van der Waals surface area contributed by atoms with E-state index in [1.807, 2.05) is 6.92 Å². The summed E-state index contributed by atoms with van der Waals surface area (Å²) in [4.78, 5) is 0. The molecule has 0 spiro atoms. The van der Waals surface area contributed by atoms with E-state index in [1.54, 1.807) is 0 Å². The largest absolute Gasteiger partial charge is 0.502 e. The van der Waals surface area contributed by atoms with Gasteiger partial charge in [0.1, 0.15) is 0 Å². The van der Waals surface area contributed by atoms with Crippen LogP contribution in [0.25, 0.3) is 0 Å². The summed E-state index contributed by atoms with van der Waals surface area (Å²) in [7, 11) is -2.74. The smallest absolute Gasteiger partial charge is 0.158 e. The number of hydrogen-bond donors (Lipinski definition) is 0. The van der Waals surface area contributed by atoms with Crippen LogP contribution in [0.1, 0.15) is 26.2 Å². The monoisotopic (exact) mass is 204 g/mol. The van der Waals surface area contributed by atoms with E-state index >= 15 is 0 Å². The summed E-state index contributed by atoms with van der Waals surface area (Å²) in [5.41, 5.74) is 0. The van der Waals surface area contributed by atoms with Gasteiger partial charge in [0.15, 0.2) is 9.84 Å². The third kappa shape index (κ3) is 2.05. The molecule has 0 amide bonds. The summed E-state index contributed by atoms with van der Waals surface area (Å²) in [6, 6.07) is 0. The minimum Gasteiger partial charge on any atom is -0.502 e. The Morgan fingerprint density at radius 1 is 1.62 bits per heavy atom. The van der Waals surface area contributed by atoms with Crippen molar-refractivity contribution in [3.63, 3.8) is 0 Å². The van der Waals surface area contributed by atoms with Crippen LogP contribution in [-0.2, 0) is 14.6 Å². The van der Waals surface area contributed by atoms with Crippen molar-refractivity contribution >= 4 is 9.84 Å². The molecule has 1 aliphatic heterocycles. The minimum absolute atomic E-state index is 0.366. The first-order chi connectivity index (χ1) is 6.08. The van der Waals surface area contributed by atoms with Crippen molar-refractivity contribution in [3.8, 4) is 0 Å². The Balaban J connectivity index is 2.32. The summed E-state index contributed by atoms with van der Waals surface area (Å²) >= 11 is 0. The lowest BCUT2D eigenvalue weighted by Crippen LogP contribution is -2.12. The molecule has 13 heavy (non-hydrogen) atoms. The van der Waals surface area contributed by atoms with Gasteiger partial charge in [-0.1, -0.05) is 13.5 Å². The van der Waals surface area contributed by atoms with Gasteiger partial charge in [0.25, 0.3) is 0 Å². The Morgan fingerprint density at radius 2 is 2.23 bits per heavy atom. The van der Waals surface area contributed by atoms with Gasteiger partial charge in [0, 0.05) is 0 Å². The van der Waals surface area contributed by atoms with Crippen molar-refractivity contribution in [2.24, 2.45) is 0 Å². The molecule has 0 N–H and O–H groups in total. The normalized spacial score (nSPS) is 29.6. The maximum absolute atomic E-state index is 11.2. The third-order valence-corrected chi connectivity index (χ3v) is 5.22. The zero-order valence-corrected chi connectivity index (χ0v) is 8.77. The van der Waals surface area contributed by atoms with Gasteiger partial charge >= 0.3 is 0 Å². The first-order valence-electron chi connectivity index (χ1n) is 4.53. The molecular formula is C9H16O3S. The highest BCUT2D eigenvalue weighted by Gasteiger charge is 2.58. The van der Waals surface area contributed by atoms with Crippen LogP contribution in [0.15, 0.2) is 12.8 Å². The van der Waals surface area contributed by atoms with Gasteiger partial charge in [0.2, 0.25) is 0 Å². The number of hydrogen-bond acceptors (Lipinski definition) is 3. The van der Waals surface area contributed by atoms with Crippen molar-refractivity contribution in [3.05, 3.63) is 12.8 Å². The van der Waals surface area contributed by atoms with Crippen molar-refractivity contribution in [1.82, 2.24) is 0 Å². The summed E-state index contributed by atoms with van der Waals surface area (Å²) in [6.07, 6.45) is 3.63. The first-order valence-corrected chi connectivity index (χ1v) is 6.18. The fourth-order valence-electron chi connectivity index (χ4n) is 1.60. The van der Waals surface area contributed by atoms with E-state index in [0.717, 1.165) is 19.3 Å². The van der Waals surface area contributed by atoms with Crippen LogP contribution in [0.2, 0.25) is 0 Å². The molecule has 1 saturated heterocycles. The van der Waals surface area contributed by atoms with Gasteiger partial charge in [0.05, 0.1) is 23.4 Å². The average molecular weight is 204 g/mol. The highest BCUT2D eigenvalue weighted by molar-refractivity contribution is 8.00. The summed E-state index contributed by atoms with van der Waals surface area (Å²) in [5, 5.41) is 0. The molecule has 0 saturated carbocycles. The highest BCUT2D eigenvalue weighted by Crippen LogP contribution is 2.43. The molecule has 1 atom stereocenters. The molecular weight excluding hydrogens is 188 g/mol. The van der Waals surface area contributed by atoms with Crippen molar-refractivity contribution < 1.29 is 13.2 Å². The predicted octanol–water partition coefficient (Wildman–Crippen LogP) is 1.50. The van der Waals surface area contributed by atoms with Crippen LogP contribution < -0.4 is 0 Å². The third-order valence-electron chi connectivity index (χ3n) is 2.68. The molecule has 0 aromatic carbocycles. The van der Waals surface area contributed by atoms with Crippen LogP contribution in [0.5, 0.6) is 0 Å². The van der Waals surface area contributed by atoms with Crippen molar-refractivity contribution in [2.75, 3.05) is 12.4 Å². The second kappa shape index (κ2) is 3.70. The van der Waals surface area contributed by atoms with E-state index in [9.17, 15) is 8.42 Å². The molecule has 0 aromatic heterocycles. The molecule has 1 fully saturated rings. The van der Waals surface area contributed by atoms with Crippen molar-refractivity contribution in [1.29, 1.82) is 0 Å². The Morgan fingerprint density at radius 3 is 2.62 bits per heavy atom. The molecule has 0 bridgehead atoms. The van der Waals surface area contributed by atoms with E-state index in [-0.39, 0.29) is 0 Å². The SMILES string of the molecule is C=COCCCC1(CC)CS1(=O)=O. The molecule has 0 radical (unpaired) electrons.